The summed E-state index contributed by atoms with van der Waals surface area (Å²) in [7, 11) is -0.612. The number of nitrogens with zero attached hydrogens (tertiary/aromatic N) is 4. The lowest BCUT2D eigenvalue weighted by molar-refractivity contribution is 0.0343. The van der Waals surface area contributed by atoms with Crippen LogP contribution in [0.15, 0.2) is 61.2 Å². The fourth-order valence-corrected chi connectivity index (χ4v) is 6.39. The molecule has 3 aliphatic rings. The van der Waals surface area contributed by atoms with Gasteiger partial charge in [-0.2, -0.15) is 0 Å². The molecule has 0 unspecified atom stereocenters. The summed E-state index contributed by atoms with van der Waals surface area (Å²) in [5.74, 6) is 1.98. The number of hydrogen-bond donors (Lipinski definition) is 4. The number of hydrogen-bond acceptors (Lipinski definition) is 12. The van der Waals surface area contributed by atoms with E-state index in [-0.39, 0.29) is 31.9 Å². The zero-order chi connectivity index (χ0) is 36.1. The van der Waals surface area contributed by atoms with Gasteiger partial charge in [0.05, 0.1) is 26.0 Å². The Balaban J connectivity index is 0.000000176. The molecule has 12 nitrogen and oxygen atoms in total. The molecule has 7 rings (SSSR count). The molecule has 268 valence electrons. The standard InChI is InChI=1S/C18H25BN4O2S.C17H21BN4O2S/c1-12(2)24-19(25-13(3)4)15-7-5-14(6-8-15)9-23-11-22-16-17(23)20-10-21-18(16)26;1-17(2)8-23-18(24-9-17)13-5-3-12(4-6-13)7-22-11-21-14-15(22)19-10-20-16(14)25/h5-8,10,12-13,22H,9,11H2,1-4H3,(H,20,21,26);3-6,10,21H,7-9,11H2,1-2H3,(H,19,20,25). The summed E-state index contributed by atoms with van der Waals surface area (Å²) < 4.78 is 24.7. The highest BCUT2D eigenvalue weighted by Crippen LogP contribution is 2.31. The van der Waals surface area contributed by atoms with Crippen molar-refractivity contribution in [2.45, 2.75) is 66.8 Å². The Kier molecular flexibility index (Phi) is 11.8. The van der Waals surface area contributed by atoms with Crippen molar-refractivity contribution in [2.24, 2.45) is 5.41 Å². The Morgan fingerprint density at radius 1 is 0.765 bits per heavy atom. The number of aromatic amines is 2. The highest BCUT2D eigenvalue weighted by Gasteiger charge is 2.33. The lowest BCUT2D eigenvalue weighted by atomic mass is 9.76. The van der Waals surface area contributed by atoms with Gasteiger partial charge in [0.1, 0.15) is 23.0 Å². The number of anilines is 4. The molecule has 0 bridgehead atoms. The van der Waals surface area contributed by atoms with E-state index in [0.717, 1.165) is 47.0 Å². The molecule has 0 atom stereocenters. The van der Waals surface area contributed by atoms with Crippen molar-refractivity contribution in [1.29, 1.82) is 0 Å². The molecule has 1 saturated heterocycles. The summed E-state index contributed by atoms with van der Waals surface area (Å²) in [5, 5.41) is 6.60. The first-order valence-corrected chi connectivity index (χ1v) is 18.1. The van der Waals surface area contributed by atoms with Gasteiger partial charge >= 0.3 is 14.2 Å². The molecule has 2 aromatic heterocycles. The third-order valence-corrected chi connectivity index (χ3v) is 9.11. The molecule has 16 heteroatoms. The van der Waals surface area contributed by atoms with Gasteiger partial charge in [-0.3, -0.25) is 0 Å². The highest BCUT2D eigenvalue weighted by atomic mass is 32.1. The van der Waals surface area contributed by atoms with Gasteiger partial charge in [-0.05, 0) is 49.7 Å². The van der Waals surface area contributed by atoms with Gasteiger partial charge in [0.25, 0.3) is 0 Å². The van der Waals surface area contributed by atoms with E-state index in [9.17, 15) is 0 Å². The molecule has 5 heterocycles. The zero-order valence-electron chi connectivity index (χ0n) is 30.1. The Morgan fingerprint density at radius 2 is 1.22 bits per heavy atom. The van der Waals surface area contributed by atoms with E-state index in [2.05, 4.69) is 103 Å². The summed E-state index contributed by atoms with van der Waals surface area (Å²) in [4.78, 5) is 19.0. The van der Waals surface area contributed by atoms with Crippen LogP contribution in [-0.4, -0.2) is 72.9 Å². The van der Waals surface area contributed by atoms with Crippen LogP contribution in [0.2, 0.25) is 0 Å². The second-order valence-electron chi connectivity index (χ2n) is 14.2. The van der Waals surface area contributed by atoms with Gasteiger partial charge in [0.15, 0.2) is 9.28 Å². The second-order valence-corrected chi connectivity index (χ2v) is 15.0. The predicted octanol–water partition coefficient (Wildman–Crippen LogP) is 5.37. The molecule has 1 fully saturated rings. The quantitative estimate of drug-likeness (QED) is 0.124. The molecule has 4 aromatic rings. The minimum absolute atomic E-state index is 0.0848. The normalized spacial score (nSPS) is 16.0. The minimum Gasteiger partial charge on any atom is -0.407 e. The van der Waals surface area contributed by atoms with Crippen molar-refractivity contribution in [3.05, 3.63) is 81.6 Å². The van der Waals surface area contributed by atoms with Crippen LogP contribution in [0.1, 0.15) is 52.7 Å². The highest BCUT2D eigenvalue weighted by molar-refractivity contribution is 7.71. The van der Waals surface area contributed by atoms with Crippen LogP contribution in [0.5, 0.6) is 0 Å². The van der Waals surface area contributed by atoms with Crippen LogP contribution >= 0.6 is 24.4 Å². The van der Waals surface area contributed by atoms with E-state index in [1.807, 2.05) is 27.7 Å². The van der Waals surface area contributed by atoms with Crippen molar-refractivity contribution >= 4 is 72.6 Å². The molecule has 3 aliphatic heterocycles. The first-order chi connectivity index (χ1) is 24.5. The number of benzene rings is 2. The van der Waals surface area contributed by atoms with E-state index in [4.69, 9.17) is 43.1 Å². The third-order valence-electron chi connectivity index (χ3n) is 8.49. The van der Waals surface area contributed by atoms with Crippen LogP contribution in [0.4, 0.5) is 23.0 Å². The SMILES string of the molecule is CC(C)OB(OC(C)C)c1ccc(CN2CNc3c2[nH]cnc3=S)cc1.CC1(C)COB(c2ccc(CN3CNc4c3[nH]cnc4=S)cc2)OC1. The van der Waals surface area contributed by atoms with Gasteiger partial charge in [-0.1, -0.05) is 86.8 Å². The van der Waals surface area contributed by atoms with Crippen molar-refractivity contribution in [2.75, 3.05) is 47.0 Å². The van der Waals surface area contributed by atoms with Gasteiger partial charge in [-0.25, -0.2) is 9.97 Å². The molecular weight excluding hydrogens is 682 g/mol. The lowest BCUT2D eigenvalue weighted by Crippen LogP contribution is -2.47. The van der Waals surface area contributed by atoms with Crippen molar-refractivity contribution in [1.82, 2.24) is 19.9 Å². The summed E-state index contributed by atoms with van der Waals surface area (Å²) in [6, 6.07) is 16.8. The first kappa shape index (κ1) is 37.0. The summed E-state index contributed by atoms with van der Waals surface area (Å²) in [6.07, 6.45) is 3.48. The number of aromatic nitrogens is 4. The number of rotatable bonds is 10. The summed E-state index contributed by atoms with van der Waals surface area (Å²) in [6.45, 7) is 16.8. The van der Waals surface area contributed by atoms with Crippen LogP contribution in [0.3, 0.4) is 0 Å². The fraction of sp³-hybridized carbons (Fsp3) is 0.429. The fourth-order valence-electron chi connectivity index (χ4n) is 5.94. The van der Waals surface area contributed by atoms with Crippen molar-refractivity contribution < 1.29 is 18.6 Å². The molecule has 51 heavy (non-hydrogen) atoms. The first-order valence-electron chi connectivity index (χ1n) is 17.3. The molecule has 0 radical (unpaired) electrons. The van der Waals surface area contributed by atoms with E-state index >= 15 is 0 Å². The van der Waals surface area contributed by atoms with Gasteiger partial charge in [0.2, 0.25) is 0 Å². The summed E-state index contributed by atoms with van der Waals surface area (Å²) in [5.41, 5.74) is 6.39. The van der Waals surface area contributed by atoms with Crippen molar-refractivity contribution in [3.63, 3.8) is 0 Å². The maximum absolute atomic E-state index is 5.91. The molecule has 0 aliphatic carbocycles. The lowest BCUT2D eigenvalue weighted by Gasteiger charge is -2.33. The maximum atomic E-state index is 5.91. The molecular formula is C35H46B2N8O4S2. The van der Waals surface area contributed by atoms with Crippen molar-refractivity contribution in [3.8, 4) is 0 Å². The largest absolute Gasteiger partial charge is 0.494 e. The monoisotopic (exact) mass is 728 g/mol. The minimum atomic E-state index is -0.347. The molecule has 0 spiro atoms. The third kappa shape index (κ3) is 9.36. The number of nitrogens with one attached hydrogen (secondary N) is 4. The topological polar surface area (TPSA) is 125 Å². The maximum Gasteiger partial charge on any atom is 0.494 e. The molecule has 2 aromatic carbocycles. The average Bonchev–Trinajstić information content (AvgIpc) is 3.71. The van der Waals surface area contributed by atoms with Gasteiger partial charge < -0.3 is 49.0 Å². The molecule has 4 N–H and O–H groups in total. The Hall–Kier alpha value is -3.79. The molecule has 0 amide bonds. The molecule has 0 saturated carbocycles. The van der Waals surface area contributed by atoms with E-state index in [0.29, 0.717) is 35.8 Å². The Labute approximate surface area is 311 Å². The average molecular weight is 729 g/mol. The predicted molar refractivity (Wildman–Crippen MR) is 210 cm³/mol. The second kappa shape index (κ2) is 16.3. The van der Waals surface area contributed by atoms with E-state index < -0.39 is 0 Å². The number of H-pyrrole nitrogens is 2. The summed E-state index contributed by atoms with van der Waals surface area (Å²) >= 11 is 10.5. The smallest absolute Gasteiger partial charge is 0.407 e. The van der Waals surface area contributed by atoms with Gasteiger partial charge in [0, 0.05) is 43.9 Å². The van der Waals surface area contributed by atoms with Crippen LogP contribution < -0.4 is 31.4 Å². The number of fused-ring (bicyclic) bond motifs is 2. The van der Waals surface area contributed by atoms with Crippen LogP contribution in [0, 0.1) is 14.7 Å². The van der Waals surface area contributed by atoms with Crippen LogP contribution in [0.25, 0.3) is 0 Å². The van der Waals surface area contributed by atoms with E-state index in [1.54, 1.807) is 12.7 Å². The van der Waals surface area contributed by atoms with Crippen LogP contribution in [-0.2, 0) is 31.7 Å². The Morgan fingerprint density at radius 3 is 1.67 bits per heavy atom. The zero-order valence-corrected chi connectivity index (χ0v) is 31.7. The Bertz CT molecular complexity index is 1870. The van der Waals surface area contributed by atoms with E-state index in [1.165, 1.54) is 11.1 Å². The van der Waals surface area contributed by atoms with Gasteiger partial charge in [-0.15, -0.1) is 0 Å².